The van der Waals surface area contributed by atoms with E-state index in [1.54, 1.807) is 4.90 Å². The molecule has 1 aliphatic heterocycles. The summed E-state index contributed by atoms with van der Waals surface area (Å²) in [6.45, 7) is 0.479. The van der Waals surface area contributed by atoms with Crippen LogP contribution in [0.3, 0.4) is 0 Å². The minimum Gasteiger partial charge on any atom is -0.337 e. The lowest BCUT2D eigenvalue weighted by molar-refractivity contribution is -0.384. The van der Waals surface area contributed by atoms with Gasteiger partial charge in [-0.1, -0.05) is 12.8 Å². The molecule has 2 aliphatic rings. The van der Waals surface area contributed by atoms with Crippen LogP contribution in [-0.2, 0) is 14.8 Å². The maximum Gasteiger partial charge on any atom is 0.269 e. The molecule has 9 heteroatoms. The smallest absolute Gasteiger partial charge is 0.269 e. The van der Waals surface area contributed by atoms with Crippen molar-refractivity contribution in [1.82, 2.24) is 9.21 Å². The van der Waals surface area contributed by atoms with E-state index in [1.165, 1.54) is 12.1 Å². The molecule has 130 valence electrons. The number of amides is 1. The van der Waals surface area contributed by atoms with E-state index in [9.17, 15) is 23.3 Å². The van der Waals surface area contributed by atoms with Crippen molar-refractivity contribution < 1.29 is 18.1 Å². The largest absolute Gasteiger partial charge is 0.337 e. The molecule has 24 heavy (non-hydrogen) atoms. The van der Waals surface area contributed by atoms with E-state index in [2.05, 4.69) is 0 Å². The second-order valence-electron chi connectivity index (χ2n) is 6.12. The number of carbonyl (C=O) groups excluding carboxylic acids is 1. The van der Waals surface area contributed by atoms with Crippen LogP contribution in [-0.4, -0.2) is 54.1 Å². The minimum atomic E-state index is -3.82. The van der Waals surface area contributed by atoms with E-state index in [4.69, 9.17) is 0 Å². The molecule has 1 heterocycles. The molecular formula is C15H19N3O5S. The summed E-state index contributed by atoms with van der Waals surface area (Å²) in [4.78, 5) is 24.2. The zero-order valence-electron chi connectivity index (χ0n) is 13.1. The van der Waals surface area contributed by atoms with Gasteiger partial charge in [0.2, 0.25) is 15.9 Å². The van der Waals surface area contributed by atoms with Gasteiger partial charge >= 0.3 is 0 Å². The highest BCUT2D eigenvalue weighted by Crippen LogP contribution is 2.26. The maximum atomic E-state index is 12.6. The van der Waals surface area contributed by atoms with Crippen LogP contribution in [0.15, 0.2) is 29.2 Å². The lowest BCUT2D eigenvalue weighted by Crippen LogP contribution is -2.54. The predicted octanol–water partition coefficient (Wildman–Crippen LogP) is 1.37. The van der Waals surface area contributed by atoms with Crippen molar-refractivity contribution in [3.8, 4) is 0 Å². The number of sulfonamides is 1. The van der Waals surface area contributed by atoms with Gasteiger partial charge in [0.25, 0.3) is 5.69 Å². The lowest BCUT2D eigenvalue weighted by Gasteiger charge is -2.37. The maximum absolute atomic E-state index is 12.6. The molecule has 0 atom stereocenters. The number of rotatable bonds is 4. The van der Waals surface area contributed by atoms with Gasteiger partial charge in [0, 0.05) is 31.3 Å². The van der Waals surface area contributed by atoms with Crippen LogP contribution < -0.4 is 0 Å². The van der Waals surface area contributed by atoms with E-state index in [0.717, 1.165) is 42.1 Å². The Morgan fingerprint density at radius 1 is 1.08 bits per heavy atom. The van der Waals surface area contributed by atoms with Gasteiger partial charge in [0.1, 0.15) is 0 Å². The summed E-state index contributed by atoms with van der Waals surface area (Å²) in [6, 6.07) is 4.97. The highest BCUT2D eigenvalue weighted by Gasteiger charge is 2.36. The van der Waals surface area contributed by atoms with Crippen molar-refractivity contribution in [2.24, 2.45) is 0 Å². The Morgan fingerprint density at radius 3 is 2.25 bits per heavy atom. The number of carbonyl (C=O) groups is 1. The van der Waals surface area contributed by atoms with E-state index >= 15 is 0 Å². The molecule has 0 aromatic heterocycles. The SMILES string of the molecule is O=C1CN(S(=O)(=O)c2ccc([N+](=O)[O-])cc2)CCN1C1CCCC1. The van der Waals surface area contributed by atoms with Gasteiger partial charge in [-0.05, 0) is 25.0 Å². The molecule has 1 aromatic rings. The monoisotopic (exact) mass is 353 g/mol. The zero-order valence-corrected chi connectivity index (χ0v) is 13.9. The number of nitro benzene ring substituents is 1. The standard InChI is InChI=1S/C15H19N3O5S/c19-15-11-16(9-10-17(15)12-3-1-2-4-12)24(22,23)14-7-5-13(6-8-14)18(20)21/h5-8,12H,1-4,9-11H2. The molecule has 0 spiro atoms. The van der Waals surface area contributed by atoms with E-state index in [0.29, 0.717) is 6.54 Å². The van der Waals surface area contributed by atoms with Gasteiger partial charge in [-0.2, -0.15) is 4.31 Å². The third kappa shape index (κ3) is 3.13. The molecule has 1 aliphatic carbocycles. The van der Waals surface area contributed by atoms with Crippen molar-refractivity contribution in [2.75, 3.05) is 19.6 Å². The van der Waals surface area contributed by atoms with Gasteiger partial charge in [-0.15, -0.1) is 0 Å². The van der Waals surface area contributed by atoms with Crippen molar-refractivity contribution in [3.63, 3.8) is 0 Å². The number of hydrogen-bond acceptors (Lipinski definition) is 5. The normalized spacial score (nSPS) is 20.5. The summed E-state index contributed by atoms with van der Waals surface area (Å²) in [5.74, 6) is -0.168. The molecular weight excluding hydrogens is 334 g/mol. The first-order chi connectivity index (χ1) is 11.4. The first-order valence-electron chi connectivity index (χ1n) is 7.93. The summed E-state index contributed by atoms with van der Waals surface area (Å²) in [7, 11) is -3.82. The van der Waals surface area contributed by atoms with Gasteiger partial charge < -0.3 is 4.90 Å². The number of nitrogens with zero attached hydrogens (tertiary/aromatic N) is 3. The number of piperazine rings is 1. The molecule has 3 rings (SSSR count). The number of nitro groups is 1. The van der Waals surface area contributed by atoms with Crippen LogP contribution in [0.25, 0.3) is 0 Å². The first kappa shape index (κ1) is 16.8. The second-order valence-corrected chi connectivity index (χ2v) is 8.05. The fraction of sp³-hybridized carbons (Fsp3) is 0.533. The molecule has 1 aromatic carbocycles. The highest BCUT2D eigenvalue weighted by atomic mass is 32.2. The molecule has 2 fully saturated rings. The fourth-order valence-electron chi connectivity index (χ4n) is 3.36. The molecule has 0 N–H and O–H groups in total. The van der Waals surface area contributed by atoms with E-state index < -0.39 is 14.9 Å². The number of non-ortho nitro benzene ring substituents is 1. The quantitative estimate of drug-likeness (QED) is 0.601. The summed E-state index contributed by atoms with van der Waals surface area (Å²) in [5, 5.41) is 10.7. The van der Waals surface area contributed by atoms with E-state index in [-0.39, 0.29) is 35.6 Å². The van der Waals surface area contributed by atoms with Gasteiger partial charge in [0.15, 0.2) is 0 Å². The second kappa shape index (κ2) is 6.48. The fourth-order valence-corrected chi connectivity index (χ4v) is 4.74. The molecule has 0 bridgehead atoms. The Balaban J connectivity index is 1.74. The molecule has 0 radical (unpaired) electrons. The van der Waals surface area contributed by atoms with Crippen molar-refractivity contribution in [1.29, 1.82) is 0 Å². The van der Waals surface area contributed by atoms with Crippen molar-refractivity contribution >= 4 is 21.6 Å². The highest BCUT2D eigenvalue weighted by molar-refractivity contribution is 7.89. The first-order valence-corrected chi connectivity index (χ1v) is 9.37. The van der Waals surface area contributed by atoms with Crippen LogP contribution in [0.2, 0.25) is 0 Å². The van der Waals surface area contributed by atoms with E-state index in [1.807, 2.05) is 0 Å². The van der Waals surface area contributed by atoms with Crippen LogP contribution in [0.1, 0.15) is 25.7 Å². The van der Waals surface area contributed by atoms with Gasteiger partial charge in [-0.3, -0.25) is 14.9 Å². The summed E-state index contributed by atoms with van der Waals surface area (Å²) < 4.78 is 26.4. The Labute approximate surface area is 140 Å². The van der Waals surface area contributed by atoms with Gasteiger partial charge in [-0.25, -0.2) is 8.42 Å². The summed E-state index contributed by atoms with van der Waals surface area (Å²) >= 11 is 0. The lowest BCUT2D eigenvalue weighted by atomic mass is 10.2. The molecule has 8 nitrogen and oxygen atoms in total. The van der Waals surface area contributed by atoms with Gasteiger partial charge in [0.05, 0.1) is 16.4 Å². The number of benzene rings is 1. The third-order valence-corrected chi connectivity index (χ3v) is 6.53. The Bertz CT molecular complexity index is 741. The van der Waals surface area contributed by atoms with Crippen LogP contribution in [0, 0.1) is 10.1 Å². The zero-order chi connectivity index (χ0) is 17.3. The van der Waals surface area contributed by atoms with Crippen molar-refractivity contribution in [2.45, 2.75) is 36.6 Å². The van der Waals surface area contributed by atoms with Crippen molar-refractivity contribution in [3.05, 3.63) is 34.4 Å². The Hall–Kier alpha value is -2.00. The van der Waals surface area contributed by atoms with Crippen LogP contribution >= 0.6 is 0 Å². The third-order valence-electron chi connectivity index (χ3n) is 4.67. The average Bonchev–Trinajstić information content (AvgIpc) is 3.09. The average molecular weight is 353 g/mol. The molecule has 1 amide bonds. The minimum absolute atomic E-state index is 0.0322. The Kier molecular flexibility index (Phi) is 4.55. The summed E-state index contributed by atoms with van der Waals surface area (Å²) in [5.41, 5.74) is -0.170. The topological polar surface area (TPSA) is 101 Å². The molecule has 1 saturated carbocycles. The number of hydrogen-bond donors (Lipinski definition) is 0. The summed E-state index contributed by atoms with van der Waals surface area (Å²) in [6.07, 6.45) is 4.19. The van der Waals surface area contributed by atoms with Crippen LogP contribution in [0.5, 0.6) is 0 Å². The van der Waals surface area contributed by atoms with Crippen LogP contribution in [0.4, 0.5) is 5.69 Å². The molecule has 1 saturated heterocycles. The Morgan fingerprint density at radius 2 is 1.71 bits per heavy atom. The predicted molar refractivity (Wildman–Crippen MR) is 85.8 cm³/mol. The molecule has 0 unspecified atom stereocenters.